The molecule has 0 aliphatic rings. The van der Waals surface area contributed by atoms with Gasteiger partial charge in [-0.05, 0) is 24.3 Å². The van der Waals surface area contributed by atoms with Gasteiger partial charge in [0.15, 0.2) is 0 Å². The van der Waals surface area contributed by atoms with Gasteiger partial charge < -0.3 is 5.11 Å². The van der Waals surface area contributed by atoms with Crippen LogP contribution in [-0.4, -0.2) is 16.0 Å². The summed E-state index contributed by atoms with van der Waals surface area (Å²) in [6, 6.07) is 6.05. The molecule has 0 aliphatic carbocycles. The molecule has 1 aromatic carbocycles. The highest BCUT2D eigenvalue weighted by atomic mass is 16.6. The maximum absolute atomic E-state index is 11.1. The second-order valence-corrected chi connectivity index (χ2v) is 4.79. The SMILES string of the molecule is CC(C)CC(Cc1ccc([N+](=O)[O-])cc1)C(=O)O. The Balaban J connectivity index is 2.75. The van der Waals surface area contributed by atoms with Gasteiger partial charge in [0, 0.05) is 12.1 Å². The summed E-state index contributed by atoms with van der Waals surface area (Å²) in [5, 5.41) is 19.6. The molecule has 0 bridgehead atoms. The number of carbonyl (C=O) groups is 1. The molecule has 1 atom stereocenters. The van der Waals surface area contributed by atoms with Crippen LogP contribution in [0.3, 0.4) is 0 Å². The fraction of sp³-hybridized carbons (Fsp3) is 0.462. The van der Waals surface area contributed by atoms with Crippen molar-refractivity contribution < 1.29 is 14.8 Å². The average Bonchev–Trinajstić information content (AvgIpc) is 2.28. The van der Waals surface area contributed by atoms with E-state index in [0.29, 0.717) is 18.8 Å². The van der Waals surface area contributed by atoms with Gasteiger partial charge in [-0.15, -0.1) is 0 Å². The van der Waals surface area contributed by atoms with Gasteiger partial charge in [-0.25, -0.2) is 0 Å². The van der Waals surface area contributed by atoms with E-state index in [1.165, 1.54) is 12.1 Å². The van der Waals surface area contributed by atoms with Crippen LogP contribution in [0.15, 0.2) is 24.3 Å². The zero-order valence-corrected chi connectivity index (χ0v) is 10.5. The minimum Gasteiger partial charge on any atom is -0.481 e. The summed E-state index contributed by atoms with van der Waals surface area (Å²) in [6.07, 6.45) is 1.01. The Labute approximate surface area is 106 Å². The molecule has 0 spiro atoms. The molecule has 1 rings (SSSR count). The summed E-state index contributed by atoms with van der Waals surface area (Å²) in [5.41, 5.74) is 0.836. The number of nitrogens with zero attached hydrogens (tertiary/aromatic N) is 1. The van der Waals surface area contributed by atoms with E-state index < -0.39 is 16.8 Å². The molecule has 1 unspecified atom stereocenters. The van der Waals surface area contributed by atoms with Gasteiger partial charge >= 0.3 is 5.97 Å². The Kier molecular flexibility index (Phi) is 4.83. The maximum atomic E-state index is 11.1. The highest BCUT2D eigenvalue weighted by Gasteiger charge is 2.19. The Morgan fingerprint density at radius 3 is 2.28 bits per heavy atom. The Morgan fingerprint density at radius 1 is 1.33 bits per heavy atom. The van der Waals surface area contributed by atoms with Gasteiger partial charge in [0.1, 0.15) is 0 Å². The van der Waals surface area contributed by atoms with Crippen LogP contribution in [0.4, 0.5) is 5.69 Å². The zero-order valence-electron chi connectivity index (χ0n) is 10.5. The van der Waals surface area contributed by atoms with E-state index in [0.717, 1.165) is 5.56 Å². The minimum absolute atomic E-state index is 0.0227. The lowest BCUT2D eigenvalue weighted by molar-refractivity contribution is -0.384. The summed E-state index contributed by atoms with van der Waals surface area (Å²) in [4.78, 5) is 21.1. The van der Waals surface area contributed by atoms with Gasteiger partial charge in [-0.3, -0.25) is 14.9 Å². The van der Waals surface area contributed by atoms with Crippen molar-refractivity contribution in [3.8, 4) is 0 Å². The van der Waals surface area contributed by atoms with Crippen molar-refractivity contribution in [3.05, 3.63) is 39.9 Å². The first-order chi connectivity index (χ1) is 8.40. The average molecular weight is 251 g/mol. The van der Waals surface area contributed by atoms with Crippen molar-refractivity contribution in [1.29, 1.82) is 0 Å². The molecule has 5 nitrogen and oxygen atoms in total. The van der Waals surface area contributed by atoms with Crippen LogP contribution in [0, 0.1) is 22.0 Å². The third kappa shape index (κ3) is 4.16. The van der Waals surface area contributed by atoms with E-state index in [9.17, 15) is 14.9 Å². The fourth-order valence-electron chi connectivity index (χ4n) is 1.88. The number of rotatable bonds is 6. The number of hydrogen-bond acceptors (Lipinski definition) is 3. The minimum atomic E-state index is -0.818. The van der Waals surface area contributed by atoms with Crippen LogP contribution in [0.5, 0.6) is 0 Å². The van der Waals surface area contributed by atoms with Crippen LogP contribution < -0.4 is 0 Å². The standard InChI is InChI=1S/C13H17NO4/c1-9(2)7-11(13(15)16)8-10-3-5-12(6-4-10)14(17)18/h3-6,9,11H,7-8H2,1-2H3,(H,15,16). The largest absolute Gasteiger partial charge is 0.481 e. The van der Waals surface area contributed by atoms with E-state index in [4.69, 9.17) is 5.11 Å². The van der Waals surface area contributed by atoms with Gasteiger partial charge in [-0.2, -0.15) is 0 Å². The summed E-state index contributed by atoms with van der Waals surface area (Å²) >= 11 is 0. The molecule has 0 radical (unpaired) electrons. The van der Waals surface area contributed by atoms with Crippen LogP contribution in [0.2, 0.25) is 0 Å². The van der Waals surface area contributed by atoms with Crippen LogP contribution in [0.25, 0.3) is 0 Å². The number of aliphatic carboxylic acids is 1. The topological polar surface area (TPSA) is 80.4 Å². The van der Waals surface area contributed by atoms with Gasteiger partial charge in [0.2, 0.25) is 0 Å². The first-order valence-electron chi connectivity index (χ1n) is 5.86. The zero-order chi connectivity index (χ0) is 13.7. The molecule has 0 heterocycles. The van der Waals surface area contributed by atoms with Crippen molar-refractivity contribution in [2.24, 2.45) is 11.8 Å². The lowest BCUT2D eigenvalue weighted by atomic mass is 9.91. The van der Waals surface area contributed by atoms with Crippen LogP contribution in [-0.2, 0) is 11.2 Å². The number of carboxylic acid groups (broad SMARTS) is 1. The molecule has 1 N–H and O–H groups in total. The van der Waals surface area contributed by atoms with Gasteiger partial charge in [0.05, 0.1) is 10.8 Å². The third-order valence-corrected chi connectivity index (χ3v) is 2.73. The molecule has 0 saturated carbocycles. The second-order valence-electron chi connectivity index (χ2n) is 4.79. The Bertz CT molecular complexity index is 425. The molecule has 0 aliphatic heterocycles. The molecule has 98 valence electrons. The van der Waals surface area contributed by atoms with E-state index in [-0.39, 0.29) is 5.69 Å². The fourth-order valence-corrected chi connectivity index (χ4v) is 1.88. The lowest BCUT2D eigenvalue weighted by Crippen LogP contribution is -2.18. The summed E-state index contributed by atoms with van der Waals surface area (Å²) in [7, 11) is 0. The number of benzene rings is 1. The smallest absolute Gasteiger partial charge is 0.306 e. The predicted molar refractivity (Wildman–Crippen MR) is 67.4 cm³/mol. The second kappa shape index (κ2) is 6.14. The highest BCUT2D eigenvalue weighted by molar-refractivity contribution is 5.70. The van der Waals surface area contributed by atoms with E-state index >= 15 is 0 Å². The molecular formula is C13H17NO4. The normalized spacial score (nSPS) is 12.4. The van der Waals surface area contributed by atoms with Crippen molar-refractivity contribution in [2.75, 3.05) is 0 Å². The quantitative estimate of drug-likeness (QED) is 0.622. The van der Waals surface area contributed by atoms with Crippen molar-refractivity contribution in [3.63, 3.8) is 0 Å². The first kappa shape index (κ1) is 14.2. The van der Waals surface area contributed by atoms with Gasteiger partial charge in [0.25, 0.3) is 5.69 Å². The number of carboxylic acids is 1. The van der Waals surface area contributed by atoms with Crippen LogP contribution in [0.1, 0.15) is 25.8 Å². The van der Waals surface area contributed by atoms with E-state index in [1.54, 1.807) is 12.1 Å². The van der Waals surface area contributed by atoms with Crippen molar-refractivity contribution >= 4 is 11.7 Å². The molecule has 5 heteroatoms. The molecule has 18 heavy (non-hydrogen) atoms. The summed E-state index contributed by atoms with van der Waals surface area (Å²) in [5.74, 6) is -0.947. The number of nitro groups is 1. The molecule has 1 aromatic rings. The molecule has 0 amide bonds. The van der Waals surface area contributed by atoms with Crippen LogP contribution >= 0.6 is 0 Å². The molecule has 0 aromatic heterocycles. The van der Waals surface area contributed by atoms with Crippen molar-refractivity contribution in [2.45, 2.75) is 26.7 Å². The van der Waals surface area contributed by atoms with E-state index in [1.807, 2.05) is 13.8 Å². The maximum Gasteiger partial charge on any atom is 0.306 e. The summed E-state index contributed by atoms with van der Waals surface area (Å²) < 4.78 is 0. The van der Waals surface area contributed by atoms with Gasteiger partial charge in [-0.1, -0.05) is 26.0 Å². The molecule has 0 fully saturated rings. The molecule has 0 saturated heterocycles. The predicted octanol–water partition coefficient (Wildman–Crippen LogP) is 2.88. The number of hydrogen-bond donors (Lipinski definition) is 1. The monoisotopic (exact) mass is 251 g/mol. The Hall–Kier alpha value is -1.91. The highest BCUT2D eigenvalue weighted by Crippen LogP contribution is 2.19. The number of nitro benzene ring substituents is 1. The first-order valence-corrected chi connectivity index (χ1v) is 5.86. The van der Waals surface area contributed by atoms with E-state index in [2.05, 4.69) is 0 Å². The molecular weight excluding hydrogens is 234 g/mol. The third-order valence-electron chi connectivity index (χ3n) is 2.73. The van der Waals surface area contributed by atoms with Crippen molar-refractivity contribution in [1.82, 2.24) is 0 Å². The summed E-state index contributed by atoms with van der Waals surface area (Å²) in [6.45, 7) is 3.96. The lowest BCUT2D eigenvalue weighted by Gasteiger charge is -2.14. The number of non-ortho nitro benzene ring substituents is 1. The Morgan fingerprint density at radius 2 is 1.89 bits per heavy atom.